The second-order valence-electron chi connectivity index (χ2n) is 4.74. The van der Waals surface area contributed by atoms with Gasteiger partial charge in [-0.25, -0.2) is 0 Å². The van der Waals surface area contributed by atoms with Crippen LogP contribution in [0.5, 0.6) is 0 Å². The van der Waals surface area contributed by atoms with E-state index in [-0.39, 0.29) is 0 Å². The molecule has 2 aromatic rings. The van der Waals surface area contributed by atoms with Crippen LogP contribution in [0.4, 0.5) is 0 Å². The van der Waals surface area contributed by atoms with E-state index in [4.69, 9.17) is 0 Å². The first kappa shape index (κ1) is 11.4. The smallest absolute Gasteiger partial charge is 0.0756 e. The molecular formula is C15H17N3. The van der Waals surface area contributed by atoms with E-state index in [1.165, 1.54) is 18.4 Å². The second kappa shape index (κ2) is 5.27. The van der Waals surface area contributed by atoms with Crippen LogP contribution in [-0.4, -0.2) is 16.5 Å². The monoisotopic (exact) mass is 239 g/mol. The van der Waals surface area contributed by atoms with Gasteiger partial charge in [-0.2, -0.15) is 0 Å². The van der Waals surface area contributed by atoms with Gasteiger partial charge < -0.3 is 5.32 Å². The van der Waals surface area contributed by atoms with Crippen LogP contribution in [0.15, 0.2) is 42.7 Å². The van der Waals surface area contributed by atoms with Crippen molar-refractivity contribution in [3.05, 3.63) is 59.7 Å². The van der Waals surface area contributed by atoms with Gasteiger partial charge in [0.2, 0.25) is 0 Å². The van der Waals surface area contributed by atoms with Crippen molar-refractivity contribution in [1.29, 1.82) is 0 Å². The Morgan fingerprint density at radius 3 is 2.67 bits per heavy atom. The van der Waals surface area contributed by atoms with Gasteiger partial charge in [0.25, 0.3) is 0 Å². The lowest BCUT2D eigenvalue weighted by Crippen LogP contribution is -2.14. The Balaban J connectivity index is 1.71. The summed E-state index contributed by atoms with van der Waals surface area (Å²) >= 11 is 0. The van der Waals surface area contributed by atoms with Crippen LogP contribution in [0.25, 0.3) is 0 Å². The van der Waals surface area contributed by atoms with E-state index >= 15 is 0 Å². The molecule has 1 N–H and O–H groups in total. The maximum Gasteiger partial charge on any atom is 0.0756 e. The lowest BCUT2D eigenvalue weighted by molar-refractivity contribution is 0.622. The zero-order valence-corrected chi connectivity index (χ0v) is 10.3. The molecule has 1 fully saturated rings. The summed E-state index contributed by atoms with van der Waals surface area (Å²) in [6.45, 7) is 1.10. The Labute approximate surface area is 107 Å². The summed E-state index contributed by atoms with van der Waals surface area (Å²) in [5, 5.41) is 3.44. The first-order valence-electron chi connectivity index (χ1n) is 6.50. The van der Waals surface area contributed by atoms with E-state index in [0.29, 0.717) is 6.04 Å². The lowest BCUT2D eigenvalue weighted by atomic mass is 10.1. The minimum atomic E-state index is 0.406. The summed E-state index contributed by atoms with van der Waals surface area (Å²) < 4.78 is 0. The predicted octanol–water partition coefficient (Wildman–Crippen LogP) is 2.49. The Hall–Kier alpha value is -1.74. The molecule has 0 aliphatic carbocycles. The average molecular weight is 239 g/mol. The molecule has 3 rings (SSSR count). The molecule has 0 radical (unpaired) electrons. The topological polar surface area (TPSA) is 37.8 Å². The summed E-state index contributed by atoms with van der Waals surface area (Å²) in [7, 11) is 0. The highest BCUT2D eigenvalue weighted by atomic mass is 15.0. The molecule has 1 aromatic heterocycles. The highest BCUT2D eigenvalue weighted by molar-refractivity contribution is 5.21. The molecule has 1 aliphatic heterocycles. The number of rotatable bonds is 3. The van der Waals surface area contributed by atoms with E-state index in [1.54, 1.807) is 0 Å². The van der Waals surface area contributed by atoms with Crippen LogP contribution in [0.3, 0.4) is 0 Å². The van der Waals surface area contributed by atoms with Gasteiger partial charge in [-0.15, -0.1) is 0 Å². The summed E-state index contributed by atoms with van der Waals surface area (Å²) in [5.74, 6) is 0. The molecule has 1 saturated heterocycles. The Morgan fingerprint density at radius 1 is 1.11 bits per heavy atom. The number of nitrogens with zero attached hydrogens (tertiary/aromatic N) is 2. The third-order valence-electron chi connectivity index (χ3n) is 3.37. The molecule has 18 heavy (non-hydrogen) atoms. The average Bonchev–Trinajstić information content (AvgIpc) is 2.95. The molecule has 2 heterocycles. The highest BCUT2D eigenvalue weighted by Crippen LogP contribution is 2.20. The van der Waals surface area contributed by atoms with Crippen molar-refractivity contribution in [1.82, 2.24) is 15.3 Å². The molecule has 3 heteroatoms. The molecule has 1 aromatic carbocycles. The predicted molar refractivity (Wildman–Crippen MR) is 71.3 cm³/mol. The van der Waals surface area contributed by atoms with Gasteiger partial charge in [-0.3, -0.25) is 9.97 Å². The third-order valence-corrected chi connectivity index (χ3v) is 3.37. The van der Waals surface area contributed by atoms with Gasteiger partial charge in [0.15, 0.2) is 0 Å². The van der Waals surface area contributed by atoms with E-state index in [9.17, 15) is 0 Å². The highest BCUT2D eigenvalue weighted by Gasteiger charge is 2.17. The van der Waals surface area contributed by atoms with E-state index in [2.05, 4.69) is 39.6 Å². The number of hydrogen-bond donors (Lipinski definition) is 1. The summed E-state index contributed by atoms with van der Waals surface area (Å²) in [5.41, 5.74) is 3.38. The molecule has 0 saturated carbocycles. The maximum absolute atomic E-state index is 4.53. The minimum absolute atomic E-state index is 0.406. The molecular weight excluding hydrogens is 222 g/mol. The number of aromatic nitrogens is 2. The molecule has 0 amide bonds. The van der Waals surface area contributed by atoms with Crippen molar-refractivity contribution < 1.29 is 0 Å². The van der Waals surface area contributed by atoms with Crippen LogP contribution in [0.2, 0.25) is 0 Å². The minimum Gasteiger partial charge on any atom is -0.309 e. The largest absolute Gasteiger partial charge is 0.309 e. The van der Waals surface area contributed by atoms with Gasteiger partial charge in [0.1, 0.15) is 0 Å². The summed E-state index contributed by atoms with van der Waals surface area (Å²) in [4.78, 5) is 9.05. The first-order valence-corrected chi connectivity index (χ1v) is 6.50. The van der Waals surface area contributed by atoms with Crippen molar-refractivity contribution in [2.45, 2.75) is 25.3 Å². The molecule has 1 unspecified atom stereocenters. The van der Waals surface area contributed by atoms with Crippen LogP contribution >= 0.6 is 0 Å². The summed E-state index contributed by atoms with van der Waals surface area (Å²) in [6, 6.07) is 10.8. The Bertz CT molecular complexity index is 487. The van der Waals surface area contributed by atoms with Crippen LogP contribution < -0.4 is 5.32 Å². The van der Waals surface area contributed by atoms with Crippen LogP contribution in [-0.2, 0) is 6.42 Å². The third kappa shape index (κ3) is 2.57. The van der Waals surface area contributed by atoms with Gasteiger partial charge in [0, 0.05) is 12.6 Å². The molecule has 92 valence electrons. The second-order valence-corrected chi connectivity index (χ2v) is 4.74. The molecule has 1 atom stereocenters. The normalized spacial score (nSPS) is 19.0. The zero-order chi connectivity index (χ0) is 12.2. The molecule has 0 spiro atoms. The van der Waals surface area contributed by atoms with Crippen molar-refractivity contribution >= 4 is 0 Å². The van der Waals surface area contributed by atoms with Gasteiger partial charge in [-0.1, -0.05) is 30.3 Å². The Kier molecular flexibility index (Phi) is 3.33. The van der Waals surface area contributed by atoms with Crippen LogP contribution in [0, 0.1) is 0 Å². The van der Waals surface area contributed by atoms with Crippen LogP contribution in [0.1, 0.15) is 35.8 Å². The van der Waals surface area contributed by atoms with Crippen molar-refractivity contribution in [3.8, 4) is 0 Å². The van der Waals surface area contributed by atoms with E-state index in [0.717, 1.165) is 24.4 Å². The fourth-order valence-electron chi connectivity index (χ4n) is 2.38. The van der Waals surface area contributed by atoms with Crippen molar-refractivity contribution in [2.24, 2.45) is 0 Å². The maximum atomic E-state index is 4.53. The van der Waals surface area contributed by atoms with Gasteiger partial charge in [0.05, 0.1) is 23.6 Å². The summed E-state index contributed by atoms with van der Waals surface area (Å²) in [6.07, 6.45) is 7.08. The lowest BCUT2D eigenvalue weighted by Gasteiger charge is -2.09. The van der Waals surface area contributed by atoms with Gasteiger partial charge in [-0.05, 0) is 24.9 Å². The SMILES string of the molecule is c1ccc(Cc2cnc(C3CCCN3)cn2)cc1. The van der Waals surface area contributed by atoms with Gasteiger partial charge >= 0.3 is 0 Å². The molecule has 0 bridgehead atoms. The van der Waals surface area contributed by atoms with Crippen molar-refractivity contribution in [3.63, 3.8) is 0 Å². The van der Waals surface area contributed by atoms with E-state index < -0.39 is 0 Å². The fourth-order valence-corrected chi connectivity index (χ4v) is 2.38. The standard InChI is InChI=1S/C15H17N3/c1-2-5-12(6-3-1)9-13-10-18-15(11-17-13)14-7-4-8-16-14/h1-3,5-6,10-11,14,16H,4,7-9H2. The fraction of sp³-hybridized carbons (Fsp3) is 0.333. The quantitative estimate of drug-likeness (QED) is 0.894. The molecule has 3 nitrogen and oxygen atoms in total. The number of nitrogens with one attached hydrogen (secondary N) is 1. The molecule has 1 aliphatic rings. The van der Waals surface area contributed by atoms with E-state index in [1.807, 2.05) is 18.5 Å². The zero-order valence-electron chi connectivity index (χ0n) is 10.3. The number of hydrogen-bond acceptors (Lipinski definition) is 3. The van der Waals surface area contributed by atoms with Crippen molar-refractivity contribution in [2.75, 3.05) is 6.54 Å². The number of benzene rings is 1. The first-order chi connectivity index (χ1) is 8.92. The Morgan fingerprint density at radius 2 is 2.00 bits per heavy atom.